The molecule has 0 N–H and O–H groups in total. The van der Waals surface area contributed by atoms with E-state index in [-0.39, 0.29) is 23.3 Å². The second-order valence-corrected chi connectivity index (χ2v) is 10.1. The van der Waals surface area contributed by atoms with Gasteiger partial charge >= 0.3 is 11.9 Å². The van der Waals surface area contributed by atoms with Crippen LogP contribution in [-0.2, 0) is 20.8 Å². The molecule has 1 aliphatic rings. The Kier molecular flexibility index (Phi) is 11.3. The summed E-state index contributed by atoms with van der Waals surface area (Å²) < 4.78 is 17.3. The van der Waals surface area contributed by atoms with Crippen LogP contribution in [0.2, 0.25) is 5.02 Å². The van der Waals surface area contributed by atoms with Crippen molar-refractivity contribution >= 4 is 41.0 Å². The van der Waals surface area contributed by atoms with Gasteiger partial charge in [-0.1, -0.05) is 69.9 Å². The predicted molar refractivity (Wildman–Crippen MR) is 152 cm³/mol. The highest BCUT2D eigenvalue weighted by atomic mass is 35.5. The van der Waals surface area contributed by atoms with E-state index in [1.54, 1.807) is 24.3 Å². The average molecular weight is 557 g/mol. The Morgan fingerprint density at radius 2 is 1.46 bits per heavy atom. The normalized spacial score (nSPS) is 12.3. The van der Waals surface area contributed by atoms with Crippen LogP contribution in [0.3, 0.4) is 0 Å². The van der Waals surface area contributed by atoms with Crippen LogP contribution in [-0.4, -0.2) is 23.7 Å². The van der Waals surface area contributed by atoms with Crippen LogP contribution in [0.15, 0.2) is 35.4 Å². The third-order valence-electron chi connectivity index (χ3n) is 6.31. The Hall–Kier alpha value is -3.39. The Labute approximate surface area is 235 Å². The minimum atomic E-state index is -0.589. The van der Waals surface area contributed by atoms with Crippen molar-refractivity contribution in [3.05, 3.63) is 46.5 Å². The number of nitrogens with zero attached hydrogens (tertiary/aromatic N) is 2. The molecule has 39 heavy (non-hydrogen) atoms. The lowest BCUT2D eigenvalue weighted by molar-refractivity contribution is -0.134. The van der Waals surface area contributed by atoms with E-state index in [2.05, 4.69) is 12.0 Å². The van der Waals surface area contributed by atoms with Crippen LogP contribution >= 0.6 is 11.6 Å². The molecule has 2 aromatic rings. The molecule has 0 saturated carbocycles. The lowest BCUT2D eigenvalue weighted by atomic mass is 10.0. The van der Waals surface area contributed by atoms with Gasteiger partial charge in [0.05, 0.1) is 0 Å². The minimum Gasteiger partial charge on any atom is -0.434 e. The third-order valence-corrected chi connectivity index (χ3v) is 6.56. The van der Waals surface area contributed by atoms with Gasteiger partial charge in [-0.05, 0) is 37.1 Å². The molecule has 8 nitrogen and oxygen atoms in total. The van der Waals surface area contributed by atoms with Crippen LogP contribution in [0.25, 0.3) is 0 Å². The maximum Gasteiger partial charge on any atom is 0.308 e. The average Bonchev–Trinajstić information content (AvgIpc) is 2.88. The largest absolute Gasteiger partial charge is 0.434 e. The summed E-state index contributed by atoms with van der Waals surface area (Å²) >= 11 is 6.05. The first-order valence-electron chi connectivity index (χ1n) is 13.6. The molecule has 0 aromatic heterocycles. The van der Waals surface area contributed by atoms with Crippen LogP contribution in [0, 0.1) is 0 Å². The number of amides is 1. The molecule has 0 radical (unpaired) electrons. The van der Waals surface area contributed by atoms with Crippen LogP contribution < -0.4 is 19.2 Å². The number of hydrogen-bond donors (Lipinski definition) is 0. The van der Waals surface area contributed by atoms with Crippen LogP contribution in [0.5, 0.6) is 17.2 Å². The van der Waals surface area contributed by atoms with E-state index in [9.17, 15) is 14.4 Å². The highest BCUT2D eigenvalue weighted by molar-refractivity contribution is 6.30. The number of rotatable bonds is 13. The number of carbonyl (C=O) groups excluding carboxylic acids is 3. The van der Waals surface area contributed by atoms with E-state index in [1.807, 2.05) is 0 Å². The third kappa shape index (κ3) is 8.55. The molecule has 0 saturated heterocycles. The first kappa shape index (κ1) is 30.2. The summed E-state index contributed by atoms with van der Waals surface area (Å²) in [4.78, 5) is 36.7. The summed E-state index contributed by atoms with van der Waals surface area (Å²) in [6, 6.07) is 8.33. The van der Waals surface area contributed by atoms with Gasteiger partial charge in [-0.15, -0.1) is 5.10 Å². The van der Waals surface area contributed by atoms with Gasteiger partial charge in [0.2, 0.25) is 11.8 Å². The Bertz CT molecular complexity index is 1210. The van der Waals surface area contributed by atoms with Crippen molar-refractivity contribution in [1.29, 1.82) is 0 Å². The van der Waals surface area contributed by atoms with Gasteiger partial charge in [0, 0.05) is 43.0 Å². The smallest absolute Gasteiger partial charge is 0.308 e. The van der Waals surface area contributed by atoms with Crippen molar-refractivity contribution in [3.63, 3.8) is 0 Å². The van der Waals surface area contributed by atoms with Crippen molar-refractivity contribution in [1.82, 2.24) is 0 Å². The lowest BCUT2D eigenvalue weighted by Crippen LogP contribution is -2.31. The molecule has 2 aromatic carbocycles. The first-order valence-corrected chi connectivity index (χ1v) is 14.0. The summed E-state index contributed by atoms with van der Waals surface area (Å²) in [5.41, 5.74) is 1.45. The Morgan fingerprint density at radius 1 is 0.872 bits per heavy atom. The van der Waals surface area contributed by atoms with E-state index < -0.39 is 11.9 Å². The number of carbonyl (C=O) groups is 3. The molecule has 3 rings (SSSR count). The van der Waals surface area contributed by atoms with Crippen molar-refractivity contribution in [3.8, 4) is 17.2 Å². The van der Waals surface area contributed by atoms with Crippen molar-refractivity contribution in [2.45, 2.75) is 91.9 Å². The quantitative estimate of drug-likeness (QED) is 0.145. The molecule has 0 fully saturated rings. The molecule has 9 heteroatoms. The zero-order chi connectivity index (χ0) is 28.4. The van der Waals surface area contributed by atoms with E-state index >= 15 is 0 Å². The summed E-state index contributed by atoms with van der Waals surface area (Å²) in [7, 11) is 0. The zero-order valence-corrected chi connectivity index (χ0v) is 23.9. The van der Waals surface area contributed by atoms with Gasteiger partial charge in [0.25, 0.3) is 0 Å². The molecule has 0 spiro atoms. The molecule has 210 valence electrons. The van der Waals surface area contributed by atoms with Crippen molar-refractivity contribution in [2.75, 3.05) is 5.01 Å². The van der Waals surface area contributed by atoms with Crippen molar-refractivity contribution in [2.24, 2.45) is 5.10 Å². The second kappa shape index (κ2) is 14.7. The van der Waals surface area contributed by atoms with E-state index in [0.29, 0.717) is 34.0 Å². The minimum absolute atomic E-state index is 0.0300. The summed E-state index contributed by atoms with van der Waals surface area (Å²) in [5, 5.41) is 6.16. The van der Waals surface area contributed by atoms with Crippen LogP contribution in [0.1, 0.15) is 96.6 Å². The van der Waals surface area contributed by atoms with E-state index in [0.717, 1.165) is 25.7 Å². The number of hydrazone groups is 1. The fourth-order valence-electron chi connectivity index (χ4n) is 4.47. The fraction of sp³-hybridized carbons (Fsp3) is 0.467. The summed E-state index contributed by atoms with van der Waals surface area (Å²) in [6.45, 7) is 6.13. The molecule has 0 bridgehead atoms. The predicted octanol–water partition coefficient (Wildman–Crippen LogP) is 7.37. The lowest BCUT2D eigenvalue weighted by Gasteiger charge is -2.29. The van der Waals surface area contributed by atoms with Gasteiger partial charge in [0.15, 0.2) is 17.2 Å². The number of anilines is 1. The molecule has 1 amide bonds. The number of hydrogen-bond acceptors (Lipinski definition) is 7. The number of esters is 2. The van der Waals surface area contributed by atoms with Gasteiger partial charge in [-0.2, -0.15) is 5.01 Å². The molecule has 1 heterocycles. The highest BCUT2D eigenvalue weighted by Gasteiger charge is 2.32. The molecular formula is C30H37ClN2O6. The molecule has 0 unspecified atom stereocenters. The van der Waals surface area contributed by atoms with E-state index in [4.69, 9.17) is 25.8 Å². The topological polar surface area (TPSA) is 94.5 Å². The van der Waals surface area contributed by atoms with Gasteiger partial charge < -0.3 is 14.2 Å². The maximum atomic E-state index is 12.7. The standard InChI is InChI=1S/C30H37ClN2O6/c1-5-6-7-8-9-10-11-12-13-14-25-28-26(19-27(37-21(3)35)29(25)38-22(4)36)33(20(2)34)32-30(39-28)23-15-17-24(31)18-16-23/h15-19H,5-14H2,1-4H3. The van der Waals surface area contributed by atoms with Gasteiger partial charge in [-0.25, -0.2) is 0 Å². The number of fused-ring (bicyclic) bond motifs is 1. The number of benzene rings is 2. The molecule has 0 atom stereocenters. The van der Waals surface area contributed by atoms with Crippen molar-refractivity contribution < 1.29 is 28.6 Å². The van der Waals surface area contributed by atoms with E-state index in [1.165, 1.54) is 64.0 Å². The number of halogens is 1. The second-order valence-electron chi connectivity index (χ2n) is 9.64. The molecular weight excluding hydrogens is 520 g/mol. The maximum absolute atomic E-state index is 12.7. The molecule has 0 aliphatic carbocycles. The monoisotopic (exact) mass is 556 g/mol. The number of ether oxygens (including phenoxy) is 3. The van der Waals surface area contributed by atoms with Gasteiger partial charge in [0.1, 0.15) is 5.69 Å². The Morgan fingerprint density at radius 3 is 2.03 bits per heavy atom. The molecule has 1 aliphatic heterocycles. The number of unbranched alkanes of at least 4 members (excludes halogenated alkanes) is 8. The van der Waals surface area contributed by atoms with Gasteiger partial charge in [-0.3, -0.25) is 14.4 Å². The summed E-state index contributed by atoms with van der Waals surface area (Å²) in [5.74, 6) is -0.863. The highest BCUT2D eigenvalue weighted by Crippen LogP contribution is 2.48. The zero-order valence-electron chi connectivity index (χ0n) is 23.2. The Balaban J connectivity index is 1.96. The first-order chi connectivity index (χ1) is 18.7. The summed E-state index contributed by atoms with van der Waals surface area (Å²) in [6.07, 6.45) is 10.7. The SMILES string of the molecule is CCCCCCCCCCCc1c(OC(C)=O)c(OC(C)=O)cc2c1OC(c1ccc(Cl)cc1)=NN2C(C)=O. The fourth-order valence-corrected chi connectivity index (χ4v) is 4.60. The van der Waals surface area contributed by atoms with Crippen LogP contribution in [0.4, 0.5) is 5.69 Å².